The first-order chi connectivity index (χ1) is 6.77. The van der Waals surface area contributed by atoms with Crippen molar-refractivity contribution < 1.29 is 0 Å². The molecule has 0 amide bonds. The third-order valence-corrected chi connectivity index (χ3v) is 4.96. The normalized spacial score (nSPS) is 41.1. The van der Waals surface area contributed by atoms with Gasteiger partial charge >= 0.3 is 0 Å². The second kappa shape index (κ2) is 4.68. The molecule has 0 aliphatic heterocycles. The third kappa shape index (κ3) is 2.32. The zero-order valence-corrected chi connectivity index (χ0v) is 9.97. The van der Waals surface area contributed by atoms with Crippen LogP contribution in [-0.2, 0) is 0 Å². The number of hydrogen-bond acceptors (Lipinski definition) is 0. The fourth-order valence-corrected chi connectivity index (χ4v) is 3.62. The van der Waals surface area contributed by atoms with Crippen LogP contribution in [0, 0.1) is 23.7 Å². The second-order valence-electron chi connectivity index (χ2n) is 5.93. The van der Waals surface area contributed by atoms with Crippen LogP contribution in [0.25, 0.3) is 0 Å². The fourth-order valence-electron chi connectivity index (χ4n) is 3.62. The van der Waals surface area contributed by atoms with Crippen LogP contribution in [0.1, 0.15) is 65.2 Å². The summed E-state index contributed by atoms with van der Waals surface area (Å²) < 4.78 is 0. The van der Waals surface area contributed by atoms with Crippen LogP contribution in [0.15, 0.2) is 0 Å². The van der Waals surface area contributed by atoms with Crippen molar-refractivity contribution in [1.82, 2.24) is 0 Å². The minimum Gasteiger partial charge on any atom is -0.0623 e. The molecule has 2 rings (SSSR count). The van der Waals surface area contributed by atoms with E-state index in [1.54, 1.807) is 12.8 Å². The molecule has 82 valence electrons. The van der Waals surface area contributed by atoms with Gasteiger partial charge in [0.25, 0.3) is 0 Å². The average Bonchev–Trinajstić information content (AvgIpc) is 2.23. The molecule has 3 unspecified atom stereocenters. The SMILES string of the molecule is CC1CCC(C2CCCCC2)CC1C. The highest BCUT2D eigenvalue weighted by atomic mass is 14.4. The summed E-state index contributed by atoms with van der Waals surface area (Å²) in [5, 5.41) is 0. The molecule has 0 saturated heterocycles. The zero-order valence-electron chi connectivity index (χ0n) is 9.97. The predicted octanol–water partition coefficient (Wildman–Crippen LogP) is 4.64. The van der Waals surface area contributed by atoms with Crippen molar-refractivity contribution in [3.63, 3.8) is 0 Å². The van der Waals surface area contributed by atoms with Crippen molar-refractivity contribution in [1.29, 1.82) is 0 Å². The average molecular weight is 194 g/mol. The lowest BCUT2D eigenvalue weighted by molar-refractivity contribution is 0.131. The maximum absolute atomic E-state index is 2.47. The van der Waals surface area contributed by atoms with Gasteiger partial charge in [-0.25, -0.2) is 0 Å². The monoisotopic (exact) mass is 194 g/mol. The van der Waals surface area contributed by atoms with Crippen molar-refractivity contribution >= 4 is 0 Å². The maximum atomic E-state index is 2.47. The predicted molar refractivity (Wildman–Crippen MR) is 62.2 cm³/mol. The summed E-state index contributed by atoms with van der Waals surface area (Å²) in [6.07, 6.45) is 12.2. The minimum absolute atomic E-state index is 0.995. The van der Waals surface area contributed by atoms with Crippen molar-refractivity contribution in [3.8, 4) is 0 Å². The lowest BCUT2D eigenvalue weighted by Crippen LogP contribution is -2.27. The van der Waals surface area contributed by atoms with Crippen molar-refractivity contribution in [2.24, 2.45) is 23.7 Å². The Hall–Kier alpha value is 0. The molecule has 0 aromatic carbocycles. The zero-order chi connectivity index (χ0) is 9.97. The highest BCUT2D eigenvalue weighted by Gasteiger charge is 2.30. The summed E-state index contributed by atoms with van der Waals surface area (Å²) in [5.74, 6) is 4.20. The summed E-state index contributed by atoms with van der Waals surface area (Å²) in [6.45, 7) is 4.92. The van der Waals surface area contributed by atoms with Crippen LogP contribution >= 0.6 is 0 Å². The lowest BCUT2D eigenvalue weighted by Gasteiger charge is -2.38. The summed E-state index contributed by atoms with van der Waals surface area (Å²) in [5.41, 5.74) is 0. The Morgan fingerprint density at radius 2 is 1.36 bits per heavy atom. The second-order valence-corrected chi connectivity index (χ2v) is 5.93. The van der Waals surface area contributed by atoms with Crippen LogP contribution in [0.5, 0.6) is 0 Å². The van der Waals surface area contributed by atoms with E-state index in [1.807, 2.05) is 0 Å². The topological polar surface area (TPSA) is 0 Å². The molecule has 2 aliphatic carbocycles. The molecule has 0 radical (unpaired) electrons. The van der Waals surface area contributed by atoms with E-state index in [-0.39, 0.29) is 0 Å². The largest absolute Gasteiger partial charge is 0.0623 e. The molecule has 0 aromatic heterocycles. The molecule has 14 heavy (non-hydrogen) atoms. The van der Waals surface area contributed by atoms with Crippen LogP contribution < -0.4 is 0 Å². The molecule has 2 aliphatic rings. The Kier molecular flexibility index (Phi) is 3.52. The highest BCUT2D eigenvalue weighted by molar-refractivity contribution is 4.81. The lowest BCUT2D eigenvalue weighted by atomic mass is 9.68. The van der Waals surface area contributed by atoms with Gasteiger partial charge in [-0.2, -0.15) is 0 Å². The van der Waals surface area contributed by atoms with Crippen molar-refractivity contribution in [2.45, 2.75) is 65.2 Å². The number of rotatable bonds is 1. The van der Waals surface area contributed by atoms with E-state index < -0.39 is 0 Å². The Bertz CT molecular complexity index is 167. The molecule has 2 saturated carbocycles. The van der Waals surface area contributed by atoms with Gasteiger partial charge in [0.15, 0.2) is 0 Å². The van der Waals surface area contributed by atoms with Gasteiger partial charge in [-0.1, -0.05) is 52.4 Å². The van der Waals surface area contributed by atoms with E-state index in [4.69, 9.17) is 0 Å². The summed E-state index contributed by atoms with van der Waals surface area (Å²) in [6, 6.07) is 0. The van der Waals surface area contributed by atoms with Gasteiger partial charge in [-0.3, -0.25) is 0 Å². The molecule has 0 N–H and O–H groups in total. The van der Waals surface area contributed by atoms with Crippen LogP contribution in [0.3, 0.4) is 0 Å². The van der Waals surface area contributed by atoms with Crippen molar-refractivity contribution in [2.75, 3.05) is 0 Å². The quantitative estimate of drug-likeness (QED) is 0.570. The molecule has 2 fully saturated rings. The van der Waals surface area contributed by atoms with Gasteiger partial charge in [-0.15, -0.1) is 0 Å². The van der Waals surface area contributed by atoms with Gasteiger partial charge < -0.3 is 0 Å². The Labute approximate surface area is 89.5 Å². The van der Waals surface area contributed by atoms with Gasteiger partial charge in [0.1, 0.15) is 0 Å². The summed E-state index contributed by atoms with van der Waals surface area (Å²) in [7, 11) is 0. The Morgan fingerprint density at radius 1 is 0.643 bits per heavy atom. The highest BCUT2D eigenvalue weighted by Crippen LogP contribution is 2.41. The number of hydrogen-bond donors (Lipinski definition) is 0. The summed E-state index contributed by atoms with van der Waals surface area (Å²) in [4.78, 5) is 0. The molecule has 0 nitrogen and oxygen atoms in total. The molecule has 0 bridgehead atoms. The molecule has 0 heteroatoms. The maximum Gasteiger partial charge on any atom is -0.0383 e. The van der Waals surface area contributed by atoms with E-state index >= 15 is 0 Å². The fraction of sp³-hybridized carbons (Fsp3) is 1.00. The minimum atomic E-state index is 0.995. The first kappa shape index (κ1) is 10.5. The van der Waals surface area contributed by atoms with Gasteiger partial charge in [0.2, 0.25) is 0 Å². The Balaban J connectivity index is 1.85. The van der Waals surface area contributed by atoms with Gasteiger partial charge in [0.05, 0.1) is 0 Å². The van der Waals surface area contributed by atoms with E-state index in [0.717, 1.165) is 23.7 Å². The molecule has 3 atom stereocenters. The van der Waals surface area contributed by atoms with Crippen LogP contribution in [-0.4, -0.2) is 0 Å². The van der Waals surface area contributed by atoms with Gasteiger partial charge in [0, 0.05) is 0 Å². The first-order valence-electron chi connectivity index (χ1n) is 6.77. The van der Waals surface area contributed by atoms with Gasteiger partial charge in [-0.05, 0) is 36.5 Å². The first-order valence-corrected chi connectivity index (χ1v) is 6.77. The molecule has 0 aromatic rings. The van der Waals surface area contributed by atoms with Crippen LogP contribution in [0.2, 0.25) is 0 Å². The van der Waals surface area contributed by atoms with E-state index in [1.165, 1.54) is 38.5 Å². The third-order valence-electron chi connectivity index (χ3n) is 4.96. The van der Waals surface area contributed by atoms with Crippen LogP contribution in [0.4, 0.5) is 0 Å². The summed E-state index contributed by atoms with van der Waals surface area (Å²) >= 11 is 0. The van der Waals surface area contributed by atoms with Crippen molar-refractivity contribution in [3.05, 3.63) is 0 Å². The molecular weight excluding hydrogens is 168 g/mol. The van der Waals surface area contributed by atoms with E-state index in [9.17, 15) is 0 Å². The Morgan fingerprint density at radius 3 is 2.00 bits per heavy atom. The standard InChI is InChI=1S/C14H26/c1-11-8-9-14(10-12(11)2)13-6-4-3-5-7-13/h11-14H,3-10H2,1-2H3. The van der Waals surface area contributed by atoms with E-state index in [2.05, 4.69) is 13.8 Å². The smallest absolute Gasteiger partial charge is 0.0383 e. The molecule has 0 spiro atoms. The molecular formula is C14H26. The molecule has 0 heterocycles. The van der Waals surface area contributed by atoms with E-state index in [0.29, 0.717) is 0 Å².